The average Bonchev–Trinajstić information content (AvgIpc) is 2.26. The summed E-state index contributed by atoms with van der Waals surface area (Å²) < 4.78 is 0. The molecular weight excluding hydrogens is 208 g/mol. The minimum atomic E-state index is -0.340. The van der Waals surface area contributed by atoms with E-state index in [2.05, 4.69) is 15.3 Å². The molecule has 0 fully saturated rings. The van der Waals surface area contributed by atoms with E-state index in [0.717, 1.165) is 6.20 Å². The maximum Gasteiger partial charge on any atom is 0.271 e. The van der Waals surface area contributed by atoms with Crippen molar-refractivity contribution < 1.29 is 4.79 Å². The summed E-state index contributed by atoms with van der Waals surface area (Å²) >= 11 is 0. The summed E-state index contributed by atoms with van der Waals surface area (Å²) in [4.78, 5) is 28.3. The molecule has 88 valence electrons. The molecule has 0 aromatic carbocycles. The molecule has 6 nitrogen and oxygen atoms in total. The molecule has 1 aromatic rings. The van der Waals surface area contributed by atoms with Crippen LogP contribution in [-0.2, 0) is 0 Å². The molecule has 1 rings (SSSR count). The molecule has 6 heteroatoms. The monoisotopic (exact) mass is 224 g/mol. The third-order valence-corrected chi connectivity index (χ3v) is 2.26. The third-order valence-electron chi connectivity index (χ3n) is 2.26. The average molecular weight is 224 g/mol. The first-order chi connectivity index (χ1) is 7.50. The highest BCUT2D eigenvalue weighted by atomic mass is 16.2. The van der Waals surface area contributed by atoms with E-state index < -0.39 is 0 Å². The van der Waals surface area contributed by atoms with Crippen molar-refractivity contribution in [3.05, 3.63) is 28.4 Å². The van der Waals surface area contributed by atoms with Gasteiger partial charge in [-0.1, -0.05) is 13.8 Å². The Bertz CT molecular complexity index is 393. The lowest BCUT2D eigenvalue weighted by Gasteiger charge is -2.15. The van der Waals surface area contributed by atoms with Gasteiger partial charge in [-0.25, -0.2) is 4.98 Å². The second-order valence-electron chi connectivity index (χ2n) is 3.91. The summed E-state index contributed by atoms with van der Waals surface area (Å²) in [6.07, 6.45) is 2.34. The summed E-state index contributed by atoms with van der Waals surface area (Å²) in [5.41, 5.74) is 5.61. The van der Waals surface area contributed by atoms with E-state index in [-0.39, 0.29) is 23.2 Å². The molecule has 1 aromatic heterocycles. The summed E-state index contributed by atoms with van der Waals surface area (Å²) in [6.45, 7) is 4.35. The van der Waals surface area contributed by atoms with Gasteiger partial charge in [0.25, 0.3) is 11.5 Å². The molecule has 0 aliphatic carbocycles. The second kappa shape index (κ2) is 5.41. The van der Waals surface area contributed by atoms with E-state index in [1.165, 1.54) is 6.20 Å². The number of amides is 1. The first kappa shape index (κ1) is 12.4. The Morgan fingerprint density at radius 1 is 1.62 bits per heavy atom. The second-order valence-corrected chi connectivity index (χ2v) is 3.91. The van der Waals surface area contributed by atoms with Gasteiger partial charge in [-0.05, 0) is 5.92 Å². The number of aromatic amines is 1. The molecule has 16 heavy (non-hydrogen) atoms. The van der Waals surface area contributed by atoms with Gasteiger partial charge in [-0.15, -0.1) is 0 Å². The fourth-order valence-electron chi connectivity index (χ4n) is 1.00. The quantitative estimate of drug-likeness (QED) is 0.640. The normalized spacial score (nSPS) is 12.5. The van der Waals surface area contributed by atoms with E-state index in [9.17, 15) is 9.59 Å². The number of carbonyl (C=O) groups is 1. The van der Waals surface area contributed by atoms with Crippen molar-refractivity contribution in [2.75, 3.05) is 6.54 Å². The van der Waals surface area contributed by atoms with Gasteiger partial charge in [0.05, 0.1) is 6.20 Å². The number of carbonyl (C=O) groups excluding carboxylic acids is 1. The molecule has 0 spiro atoms. The topological polar surface area (TPSA) is 101 Å². The van der Waals surface area contributed by atoms with Gasteiger partial charge < -0.3 is 16.0 Å². The SMILES string of the molecule is CC(C)C(N)CNC(=O)c1c[nH]c(=O)cn1. The predicted molar refractivity (Wildman–Crippen MR) is 60.0 cm³/mol. The minimum absolute atomic E-state index is 0.0910. The summed E-state index contributed by atoms with van der Waals surface area (Å²) in [7, 11) is 0. The molecule has 4 N–H and O–H groups in total. The first-order valence-electron chi connectivity index (χ1n) is 5.09. The van der Waals surface area contributed by atoms with Crippen LogP contribution in [0.3, 0.4) is 0 Å². The van der Waals surface area contributed by atoms with Crippen molar-refractivity contribution in [1.82, 2.24) is 15.3 Å². The van der Waals surface area contributed by atoms with Gasteiger partial charge in [0.1, 0.15) is 5.69 Å². The van der Waals surface area contributed by atoms with E-state index in [1.807, 2.05) is 13.8 Å². The van der Waals surface area contributed by atoms with Gasteiger partial charge in [-0.2, -0.15) is 0 Å². The number of aromatic nitrogens is 2. The zero-order valence-corrected chi connectivity index (χ0v) is 9.36. The van der Waals surface area contributed by atoms with Gasteiger partial charge in [-0.3, -0.25) is 9.59 Å². The zero-order valence-electron chi connectivity index (χ0n) is 9.36. The van der Waals surface area contributed by atoms with E-state index in [4.69, 9.17) is 5.73 Å². The van der Waals surface area contributed by atoms with Crippen molar-refractivity contribution in [3.63, 3.8) is 0 Å². The van der Waals surface area contributed by atoms with Crippen LogP contribution >= 0.6 is 0 Å². The van der Waals surface area contributed by atoms with Crippen molar-refractivity contribution in [2.45, 2.75) is 19.9 Å². The maximum absolute atomic E-state index is 11.5. The standard InChI is InChI=1S/C10H16N4O2/c1-6(2)7(11)3-14-10(16)8-4-13-9(15)5-12-8/h4-7H,3,11H2,1-2H3,(H,13,15)(H,14,16). The zero-order chi connectivity index (χ0) is 12.1. The van der Waals surface area contributed by atoms with Crippen LogP contribution in [-0.4, -0.2) is 28.5 Å². The van der Waals surface area contributed by atoms with Crippen LogP contribution < -0.4 is 16.6 Å². The van der Waals surface area contributed by atoms with Crippen LogP contribution in [0.25, 0.3) is 0 Å². The fourth-order valence-corrected chi connectivity index (χ4v) is 1.00. The van der Waals surface area contributed by atoms with Crippen LogP contribution in [0.15, 0.2) is 17.2 Å². The number of nitrogens with one attached hydrogen (secondary N) is 2. The molecule has 1 atom stereocenters. The van der Waals surface area contributed by atoms with E-state index in [1.54, 1.807) is 0 Å². The summed E-state index contributed by atoms with van der Waals surface area (Å²) in [5, 5.41) is 2.65. The van der Waals surface area contributed by atoms with Crippen molar-refractivity contribution in [1.29, 1.82) is 0 Å². The van der Waals surface area contributed by atoms with Crippen LogP contribution in [0.2, 0.25) is 0 Å². The molecule has 0 bridgehead atoms. The van der Waals surface area contributed by atoms with Crippen LogP contribution in [0.5, 0.6) is 0 Å². The molecule has 1 heterocycles. The highest BCUT2D eigenvalue weighted by Gasteiger charge is 2.11. The smallest absolute Gasteiger partial charge is 0.271 e. The largest absolute Gasteiger partial charge is 0.349 e. The molecule has 0 radical (unpaired) electrons. The number of hydrogen-bond donors (Lipinski definition) is 3. The lowest BCUT2D eigenvalue weighted by Crippen LogP contribution is -2.40. The van der Waals surface area contributed by atoms with E-state index >= 15 is 0 Å². The van der Waals surface area contributed by atoms with Crippen molar-refractivity contribution >= 4 is 5.91 Å². The number of rotatable bonds is 4. The Hall–Kier alpha value is -1.69. The Kier molecular flexibility index (Phi) is 4.19. The number of nitrogens with two attached hydrogens (primary N) is 1. The van der Waals surface area contributed by atoms with Gasteiger partial charge >= 0.3 is 0 Å². The van der Waals surface area contributed by atoms with E-state index in [0.29, 0.717) is 12.5 Å². The highest BCUT2D eigenvalue weighted by molar-refractivity contribution is 5.91. The van der Waals surface area contributed by atoms with Crippen molar-refractivity contribution in [2.24, 2.45) is 11.7 Å². The molecule has 0 saturated heterocycles. The molecule has 0 saturated carbocycles. The number of nitrogens with zero attached hydrogens (tertiary/aromatic N) is 1. The van der Waals surface area contributed by atoms with Crippen LogP contribution in [0, 0.1) is 5.92 Å². The van der Waals surface area contributed by atoms with Crippen LogP contribution in [0.4, 0.5) is 0 Å². The van der Waals surface area contributed by atoms with Gasteiger partial charge in [0.15, 0.2) is 0 Å². The Balaban J connectivity index is 2.53. The predicted octanol–water partition coefficient (Wildman–Crippen LogP) is -0.517. The lowest BCUT2D eigenvalue weighted by atomic mass is 10.1. The number of H-pyrrole nitrogens is 1. The molecule has 0 aliphatic heterocycles. The molecular formula is C10H16N4O2. The lowest BCUT2D eigenvalue weighted by molar-refractivity contribution is 0.0944. The third kappa shape index (κ3) is 3.47. The number of hydrogen-bond acceptors (Lipinski definition) is 4. The maximum atomic E-state index is 11.5. The van der Waals surface area contributed by atoms with Gasteiger partial charge in [0.2, 0.25) is 0 Å². The molecule has 1 unspecified atom stereocenters. The minimum Gasteiger partial charge on any atom is -0.349 e. The summed E-state index contributed by atoms with van der Waals surface area (Å²) in [6, 6.07) is -0.0910. The first-order valence-corrected chi connectivity index (χ1v) is 5.09. The highest BCUT2D eigenvalue weighted by Crippen LogP contribution is 1.96. The van der Waals surface area contributed by atoms with Crippen LogP contribution in [0.1, 0.15) is 24.3 Å². The summed E-state index contributed by atoms with van der Waals surface area (Å²) in [5.74, 6) is -0.0452. The van der Waals surface area contributed by atoms with Crippen molar-refractivity contribution in [3.8, 4) is 0 Å². The molecule has 1 amide bonds. The Morgan fingerprint density at radius 2 is 2.31 bits per heavy atom. The Morgan fingerprint density at radius 3 is 2.81 bits per heavy atom. The Labute approximate surface area is 93.3 Å². The van der Waals surface area contributed by atoms with Gasteiger partial charge in [0, 0.05) is 18.8 Å². The molecule has 0 aliphatic rings. The fraction of sp³-hybridized carbons (Fsp3) is 0.500.